The van der Waals surface area contributed by atoms with Crippen molar-refractivity contribution in [2.45, 2.75) is 37.0 Å². The fraction of sp³-hybridized carbons (Fsp3) is 0.571. The molecule has 0 unspecified atom stereocenters. The first kappa shape index (κ1) is 12.9. The highest BCUT2D eigenvalue weighted by Gasteiger charge is 2.20. The second kappa shape index (κ2) is 5.13. The number of anilines is 1. The number of hydrogen-bond acceptors (Lipinski definition) is 3. The largest absolute Gasteiger partial charge is 0.384 e. The highest BCUT2D eigenvalue weighted by atomic mass is 32.2. The summed E-state index contributed by atoms with van der Waals surface area (Å²) in [4.78, 5) is 0.392. The molecule has 0 bridgehead atoms. The molecule has 3 rings (SSSR count). The van der Waals surface area contributed by atoms with E-state index in [1.165, 1.54) is 19.3 Å². The van der Waals surface area contributed by atoms with Crippen molar-refractivity contribution in [3.8, 4) is 0 Å². The van der Waals surface area contributed by atoms with Gasteiger partial charge in [-0.15, -0.1) is 0 Å². The predicted octanol–water partition coefficient (Wildman–Crippen LogP) is 2.12. The van der Waals surface area contributed by atoms with Crippen molar-refractivity contribution in [1.29, 1.82) is 0 Å². The minimum absolute atomic E-state index is 0.392. The van der Waals surface area contributed by atoms with Crippen molar-refractivity contribution >= 4 is 15.7 Å². The topological polar surface area (TPSA) is 58.2 Å². The van der Waals surface area contributed by atoms with Gasteiger partial charge in [0.1, 0.15) is 0 Å². The summed E-state index contributed by atoms with van der Waals surface area (Å²) < 4.78 is 27.1. The van der Waals surface area contributed by atoms with Crippen molar-refractivity contribution in [2.24, 2.45) is 5.92 Å². The van der Waals surface area contributed by atoms with Crippen molar-refractivity contribution in [3.05, 3.63) is 23.8 Å². The molecule has 0 atom stereocenters. The van der Waals surface area contributed by atoms with E-state index in [1.807, 2.05) is 6.07 Å². The lowest BCUT2D eigenvalue weighted by Crippen LogP contribution is -2.27. The maximum atomic E-state index is 12.2. The quantitative estimate of drug-likeness (QED) is 0.868. The van der Waals surface area contributed by atoms with Gasteiger partial charge in [0.15, 0.2) is 0 Å². The standard InChI is InChI=1S/C14H20N2O2S/c17-19(18,16-9-6-11-2-1-3-11)13-4-5-14-12(10-13)7-8-15-14/h4-5,10-11,15-16H,1-3,6-9H2. The molecule has 1 fully saturated rings. The smallest absolute Gasteiger partial charge is 0.240 e. The van der Waals surface area contributed by atoms with Crippen LogP contribution in [0.3, 0.4) is 0 Å². The predicted molar refractivity (Wildman–Crippen MR) is 75.8 cm³/mol. The lowest BCUT2D eigenvalue weighted by atomic mass is 9.83. The Hall–Kier alpha value is -1.07. The number of rotatable bonds is 5. The maximum Gasteiger partial charge on any atom is 0.240 e. The van der Waals surface area contributed by atoms with Crippen LogP contribution >= 0.6 is 0 Å². The van der Waals surface area contributed by atoms with Crippen LogP contribution in [0.2, 0.25) is 0 Å². The van der Waals surface area contributed by atoms with E-state index < -0.39 is 10.0 Å². The van der Waals surface area contributed by atoms with Gasteiger partial charge in [-0.2, -0.15) is 0 Å². The Morgan fingerprint density at radius 3 is 2.89 bits per heavy atom. The van der Waals surface area contributed by atoms with E-state index in [2.05, 4.69) is 10.0 Å². The van der Waals surface area contributed by atoms with E-state index in [4.69, 9.17) is 0 Å². The molecule has 1 aliphatic carbocycles. The highest BCUT2D eigenvalue weighted by Crippen LogP contribution is 2.29. The molecule has 1 heterocycles. The van der Waals surface area contributed by atoms with E-state index in [-0.39, 0.29) is 0 Å². The Morgan fingerprint density at radius 1 is 1.32 bits per heavy atom. The van der Waals surface area contributed by atoms with Crippen LogP contribution in [0.4, 0.5) is 5.69 Å². The number of sulfonamides is 1. The summed E-state index contributed by atoms with van der Waals surface area (Å²) in [7, 11) is -3.34. The van der Waals surface area contributed by atoms with Gasteiger partial charge in [0.25, 0.3) is 0 Å². The second-order valence-corrected chi connectivity index (χ2v) is 7.25. The first-order valence-corrected chi connectivity index (χ1v) is 8.50. The normalized spacial score (nSPS) is 18.7. The molecule has 1 aromatic carbocycles. The third-order valence-corrected chi connectivity index (χ3v) is 5.62. The maximum absolute atomic E-state index is 12.2. The first-order valence-electron chi connectivity index (χ1n) is 7.02. The fourth-order valence-corrected chi connectivity index (χ4v) is 3.81. The van der Waals surface area contributed by atoms with Crippen LogP contribution in [-0.2, 0) is 16.4 Å². The molecule has 0 radical (unpaired) electrons. The Balaban J connectivity index is 1.65. The first-order chi connectivity index (χ1) is 9.15. The summed E-state index contributed by atoms with van der Waals surface area (Å²) in [5, 5.41) is 3.24. The molecule has 4 nitrogen and oxygen atoms in total. The molecule has 0 aromatic heterocycles. The summed E-state index contributed by atoms with van der Waals surface area (Å²) in [5.41, 5.74) is 2.16. The molecule has 0 saturated heterocycles. The molecule has 1 aliphatic heterocycles. The van der Waals surface area contributed by atoms with Gasteiger partial charge in [0.05, 0.1) is 4.90 Å². The molecule has 5 heteroatoms. The Bertz CT molecular complexity index is 565. The van der Waals surface area contributed by atoms with E-state index in [9.17, 15) is 8.42 Å². The minimum atomic E-state index is -3.34. The fourth-order valence-electron chi connectivity index (χ4n) is 2.71. The lowest BCUT2D eigenvalue weighted by molar-refractivity contribution is 0.297. The molecule has 2 aliphatic rings. The van der Waals surface area contributed by atoms with Gasteiger partial charge >= 0.3 is 0 Å². The van der Waals surface area contributed by atoms with E-state index in [1.54, 1.807) is 12.1 Å². The van der Waals surface area contributed by atoms with Crippen LogP contribution in [0.15, 0.2) is 23.1 Å². The van der Waals surface area contributed by atoms with E-state index >= 15 is 0 Å². The Kier molecular flexibility index (Phi) is 3.50. The van der Waals surface area contributed by atoms with Crippen LogP contribution in [-0.4, -0.2) is 21.5 Å². The summed E-state index contributed by atoms with van der Waals surface area (Å²) >= 11 is 0. The summed E-state index contributed by atoms with van der Waals surface area (Å²) in [6, 6.07) is 5.34. The van der Waals surface area contributed by atoms with Crippen molar-refractivity contribution in [3.63, 3.8) is 0 Å². The van der Waals surface area contributed by atoms with Gasteiger partial charge in [-0.05, 0) is 42.5 Å². The summed E-state index contributed by atoms with van der Waals surface area (Å²) in [5.74, 6) is 0.729. The number of fused-ring (bicyclic) bond motifs is 1. The Morgan fingerprint density at radius 2 is 2.16 bits per heavy atom. The molecular weight excluding hydrogens is 260 g/mol. The van der Waals surface area contributed by atoms with Crippen LogP contribution < -0.4 is 10.0 Å². The molecule has 1 aromatic rings. The van der Waals surface area contributed by atoms with Gasteiger partial charge < -0.3 is 5.32 Å². The number of hydrogen-bond donors (Lipinski definition) is 2. The van der Waals surface area contributed by atoms with Crippen LogP contribution in [0.5, 0.6) is 0 Å². The molecular formula is C14H20N2O2S. The van der Waals surface area contributed by atoms with E-state index in [0.29, 0.717) is 11.4 Å². The highest BCUT2D eigenvalue weighted by molar-refractivity contribution is 7.89. The third kappa shape index (κ3) is 2.77. The molecule has 0 amide bonds. The molecule has 1 saturated carbocycles. The van der Waals surface area contributed by atoms with E-state index in [0.717, 1.165) is 36.6 Å². The summed E-state index contributed by atoms with van der Waals surface area (Å²) in [6.45, 7) is 1.45. The third-order valence-electron chi connectivity index (χ3n) is 4.17. The molecule has 104 valence electrons. The van der Waals surface area contributed by atoms with Gasteiger partial charge in [-0.3, -0.25) is 0 Å². The zero-order valence-electron chi connectivity index (χ0n) is 11.0. The van der Waals surface area contributed by atoms with Gasteiger partial charge in [0.2, 0.25) is 10.0 Å². The van der Waals surface area contributed by atoms with Gasteiger partial charge in [-0.25, -0.2) is 13.1 Å². The number of nitrogens with one attached hydrogen (secondary N) is 2. The monoisotopic (exact) mass is 280 g/mol. The number of benzene rings is 1. The molecule has 2 N–H and O–H groups in total. The lowest BCUT2D eigenvalue weighted by Gasteiger charge is -2.25. The second-order valence-electron chi connectivity index (χ2n) is 5.48. The van der Waals surface area contributed by atoms with Crippen molar-refractivity contribution < 1.29 is 8.42 Å². The molecule has 0 spiro atoms. The summed E-state index contributed by atoms with van der Waals surface area (Å²) in [6.07, 6.45) is 5.68. The van der Waals surface area contributed by atoms with Crippen molar-refractivity contribution in [1.82, 2.24) is 4.72 Å². The SMILES string of the molecule is O=S(=O)(NCCC1CCC1)c1ccc2c(c1)CCN2. The molecule has 19 heavy (non-hydrogen) atoms. The Labute approximate surface area is 114 Å². The zero-order valence-corrected chi connectivity index (χ0v) is 11.8. The minimum Gasteiger partial charge on any atom is -0.384 e. The van der Waals surface area contributed by atoms with Crippen LogP contribution in [0, 0.1) is 5.92 Å². The zero-order chi connectivity index (χ0) is 13.3. The van der Waals surface area contributed by atoms with Crippen LogP contribution in [0.25, 0.3) is 0 Å². The average Bonchev–Trinajstić information content (AvgIpc) is 2.79. The van der Waals surface area contributed by atoms with Gasteiger partial charge in [-0.1, -0.05) is 19.3 Å². The van der Waals surface area contributed by atoms with Crippen molar-refractivity contribution in [2.75, 3.05) is 18.4 Å². The van der Waals surface area contributed by atoms with Gasteiger partial charge in [0, 0.05) is 18.8 Å². The van der Waals surface area contributed by atoms with Crippen LogP contribution in [0.1, 0.15) is 31.2 Å². The average molecular weight is 280 g/mol.